The van der Waals surface area contributed by atoms with Crippen molar-refractivity contribution in [1.82, 2.24) is 4.90 Å². The standard InChI is InChI=1S/C9H16FNS/c1-11-7-3-5-8(9(11)12)4-2-6-10/h8H,2-7H2,1H3. The first-order valence-electron chi connectivity index (χ1n) is 4.56. The molecule has 0 spiro atoms. The predicted molar refractivity (Wildman–Crippen MR) is 53.2 cm³/mol. The molecule has 0 aliphatic carbocycles. The summed E-state index contributed by atoms with van der Waals surface area (Å²) in [4.78, 5) is 3.16. The summed E-state index contributed by atoms with van der Waals surface area (Å²) in [7, 11) is 2.03. The van der Waals surface area contributed by atoms with Crippen LogP contribution in [0.3, 0.4) is 0 Å². The molecular formula is C9H16FNS. The molecule has 1 saturated heterocycles. The first-order chi connectivity index (χ1) is 5.75. The van der Waals surface area contributed by atoms with E-state index in [0.717, 1.165) is 24.4 Å². The van der Waals surface area contributed by atoms with E-state index >= 15 is 0 Å². The fourth-order valence-electron chi connectivity index (χ4n) is 1.71. The second-order valence-corrected chi connectivity index (χ2v) is 3.85. The largest absolute Gasteiger partial charge is 0.369 e. The number of hydrogen-bond donors (Lipinski definition) is 0. The topological polar surface area (TPSA) is 3.24 Å². The lowest BCUT2D eigenvalue weighted by molar-refractivity contribution is 0.356. The SMILES string of the molecule is CN1CCCC(CCCF)C1=S. The summed E-state index contributed by atoms with van der Waals surface area (Å²) in [6.45, 7) is 0.869. The molecule has 12 heavy (non-hydrogen) atoms. The molecule has 1 atom stereocenters. The van der Waals surface area contributed by atoms with Gasteiger partial charge in [0.05, 0.1) is 11.7 Å². The number of rotatable bonds is 3. The van der Waals surface area contributed by atoms with Crippen LogP contribution >= 0.6 is 12.2 Å². The second kappa shape index (κ2) is 4.75. The number of likely N-dealkylation sites (tertiary alicyclic amines) is 1. The van der Waals surface area contributed by atoms with Gasteiger partial charge in [0.1, 0.15) is 0 Å². The van der Waals surface area contributed by atoms with Gasteiger partial charge in [-0.3, -0.25) is 4.39 Å². The number of halogens is 1. The van der Waals surface area contributed by atoms with E-state index in [1.54, 1.807) is 0 Å². The molecule has 1 heterocycles. The van der Waals surface area contributed by atoms with E-state index in [0.29, 0.717) is 12.3 Å². The molecule has 0 aromatic heterocycles. The third-order valence-electron chi connectivity index (χ3n) is 2.46. The molecule has 1 rings (SSSR count). The molecule has 0 aromatic carbocycles. The van der Waals surface area contributed by atoms with Gasteiger partial charge in [-0.15, -0.1) is 0 Å². The van der Waals surface area contributed by atoms with Crippen LogP contribution in [0.15, 0.2) is 0 Å². The number of thiocarbonyl (C=S) groups is 1. The van der Waals surface area contributed by atoms with Crippen LogP contribution in [-0.2, 0) is 0 Å². The first kappa shape index (κ1) is 9.90. The highest BCUT2D eigenvalue weighted by molar-refractivity contribution is 7.80. The quantitative estimate of drug-likeness (QED) is 0.627. The number of alkyl halides is 1. The molecule has 1 aliphatic heterocycles. The van der Waals surface area contributed by atoms with Gasteiger partial charge in [0.2, 0.25) is 0 Å². The highest BCUT2D eigenvalue weighted by atomic mass is 32.1. The smallest absolute Gasteiger partial charge is 0.0894 e. The molecule has 1 unspecified atom stereocenters. The molecule has 1 aliphatic rings. The van der Waals surface area contributed by atoms with E-state index in [4.69, 9.17) is 12.2 Å². The molecule has 1 fully saturated rings. The Hall–Kier alpha value is -0.180. The Morgan fingerprint density at radius 3 is 3.08 bits per heavy atom. The summed E-state index contributed by atoms with van der Waals surface area (Å²) >= 11 is 5.27. The van der Waals surface area contributed by atoms with Crippen molar-refractivity contribution in [1.29, 1.82) is 0 Å². The Labute approximate surface area is 78.9 Å². The Bertz CT molecular complexity index is 161. The van der Waals surface area contributed by atoms with Crippen molar-refractivity contribution >= 4 is 17.2 Å². The summed E-state index contributed by atoms with van der Waals surface area (Å²) in [5.41, 5.74) is 0. The zero-order valence-electron chi connectivity index (χ0n) is 7.55. The van der Waals surface area contributed by atoms with Crippen molar-refractivity contribution in [2.45, 2.75) is 25.7 Å². The Morgan fingerprint density at radius 2 is 2.42 bits per heavy atom. The van der Waals surface area contributed by atoms with Gasteiger partial charge >= 0.3 is 0 Å². The van der Waals surface area contributed by atoms with Crippen molar-refractivity contribution in [3.63, 3.8) is 0 Å². The van der Waals surface area contributed by atoms with Crippen molar-refractivity contribution in [2.24, 2.45) is 5.92 Å². The minimum absolute atomic E-state index is 0.206. The maximum absolute atomic E-state index is 11.9. The van der Waals surface area contributed by atoms with E-state index in [1.165, 1.54) is 6.42 Å². The Kier molecular flexibility index (Phi) is 3.92. The van der Waals surface area contributed by atoms with Gasteiger partial charge in [-0.2, -0.15) is 0 Å². The van der Waals surface area contributed by atoms with Gasteiger partial charge in [0.25, 0.3) is 0 Å². The fraction of sp³-hybridized carbons (Fsp3) is 0.889. The van der Waals surface area contributed by atoms with Crippen LogP contribution in [0.25, 0.3) is 0 Å². The molecule has 0 bridgehead atoms. The predicted octanol–water partition coefficient (Wildman–Crippen LogP) is 2.41. The van der Waals surface area contributed by atoms with Gasteiger partial charge in [-0.1, -0.05) is 12.2 Å². The van der Waals surface area contributed by atoms with E-state index in [1.807, 2.05) is 7.05 Å². The highest BCUT2D eigenvalue weighted by Crippen LogP contribution is 2.22. The molecule has 0 saturated carbocycles. The third kappa shape index (κ3) is 2.41. The molecule has 1 nitrogen and oxygen atoms in total. The maximum atomic E-state index is 11.9. The number of nitrogens with zero attached hydrogens (tertiary/aromatic N) is 1. The van der Waals surface area contributed by atoms with Gasteiger partial charge < -0.3 is 4.90 Å². The summed E-state index contributed by atoms with van der Waals surface area (Å²) in [6.07, 6.45) is 3.95. The lowest BCUT2D eigenvalue weighted by Crippen LogP contribution is -2.36. The Morgan fingerprint density at radius 1 is 1.67 bits per heavy atom. The zero-order valence-corrected chi connectivity index (χ0v) is 8.37. The van der Waals surface area contributed by atoms with Crippen LogP contribution in [0.4, 0.5) is 4.39 Å². The van der Waals surface area contributed by atoms with Crippen LogP contribution in [-0.4, -0.2) is 30.2 Å². The normalized spacial score (nSPS) is 24.7. The minimum Gasteiger partial charge on any atom is -0.369 e. The second-order valence-electron chi connectivity index (χ2n) is 3.43. The molecule has 0 aromatic rings. The van der Waals surface area contributed by atoms with E-state index in [-0.39, 0.29) is 6.67 Å². The average Bonchev–Trinajstić information content (AvgIpc) is 2.08. The first-order valence-corrected chi connectivity index (χ1v) is 4.97. The molecule has 0 radical (unpaired) electrons. The van der Waals surface area contributed by atoms with Gasteiger partial charge in [-0.25, -0.2) is 0 Å². The van der Waals surface area contributed by atoms with E-state index < -0.39 is 0 Å². The third-order valence-corrected chi connectivity index (χ3v) is 3.10. The van der Waals surface area contributed by atoms with Crippen LogP contribution in [0.5, 0.6) is 0 Å². The number of piperidine rings is 1. The lowest BCUT2D eigenvalue weighted by atomic mass is 9.94. The summed E-state index contributed by atoms with van der Waals surface area (Å²) in [5, 5.41) is 0. The van der Waals surface area contributed by atoms with Gasteiger partial charge in [0.15, 0.2) is 0 Å². The summed E-state index contributed by atoms with van der Waals surface area (Å²) in [6, 6.07) is 0. The van der Waals surface area contributed by atoms with E-state index in [2.05, 4.69) is 4.90 Å². The van der Waals surface area contributed by atoms with Crippen LogP contribution < -0.4 is 0 Å². The Balaban J connectivity index is 2.36. The van der Waals surface area contributed by atoms with Crippen molar-refractivity contribution in [3.05, 3.63) is 0 Å². The van der Waals surface area contributed by atoms with Gasteiger partial charge in [0, 0.05) is 19.5 Å². The summed E-state index contributed by atoms with van der Waals surface area (Å²) < 4.78 is 11.9. The molecule has 0 N–H and O–H groups in total. The zero-order chi connectivity index (χ0) is 8.97. The number of hydrogen-bond acceptors (Lipinski definition) is 1. The van der Waals surface area contributed by atoms with Crippen molar-refractivity contribution < 1.29 is 4.39 Å². The average molecular weight is 189 g/mol. The van der Waals surface area contributed by atoms with Crippen LogP contribution in [0, 0.1) is 5.92 Å². The fourth-order valence-corrected chi connectivity index (χ4v) is 2.04. The summed E-state index contributed by atoms with van der Waals surface area (Å²) in [5.74, 6) is 0.467. The van der Waals surface area contributed by atoms with Crippen LogP contribution in [0.2, 0.25) is 0 Å². The molecule has 70 valence electrons. The van der Waals surface area contributed by atoms with Crippen molar-refractivity contribution in [3.8, 4) is 0 Å². The monoisotopic (exact) mass is 189 g/mol. The molecule has 3 heteroatoms. The van der Waals surface area contributed by atoms with E-state index in [9.17, 15) is 4.39 Å². The highest BCUT2D eigenvalue weighted by Gasteiger charge is 2.21. The minimum atomic E-state index is -0.206. The van der Waals surface area contributed by atoms with Crippen molar-refractivity contribution in [2.75, 3.05) is 20.3 Å². The van der Waals surface area contributed by atoms with Gasteiger partial charge in [-0.05, 0) is 25.7 Å². The maximum Gasteiger partial charge on any atom is 0.0894 e. The molecular weight excluding hydrogens is 173 g/mol. The molecule has 0 amide bonds. The van der Waals surface area contributed by atoms with Crippen LogP contribution in [0.1, 0.15) is 25.7 Å². The lowest BCUT2D eigenvalue weighted by Gasteiger charge is -2.32.